The molecular formula is C48H46N2O11. The van der Waals surface area contributed by atoms with Crippen LogP contribution in [0.4, 0.5) is 0 Å². The van der Waals surface area contributed by atoms with E-state index < -0.39 is 48.7 Å². The summed E-state index contributed by atoms with van der Waals surface area (Å²) in [7, 11) is 1.55. The Morgan fingerprint density at radius 2 is 1.89 bits per heavy atom. The fourth-order valence-electron chi connectivity index (χ4n) is 11.1. The molecule has 4 heterocycles. The fraction of sp³-hybridized carbons (Fsp3) is 0.375. The van der Waals surface area contributed by atoms with Gasteiger partial charge in [0.05, 0.1) is 43.4 Å². The fourth-order valence-corrected chi connectivity index (χ4v) is 11.1. The van der Waals surface area contributed by atoms with Gasteiger partial charge in [0.15, 0.2) is 11.4 Å². The molecule has 0 spiro atoms. The summed E-state index contributed by atoms with van der Waals surface area (Å²) in [4.78, 5) is 33.5. The number of nitrogens with one attached hydrogen (secondary N) is 1. The maximum atomic E-state index is 15.0. The van der Waals surface area contributed by atoms with E-state index in [4.69, 9.17) is 18.9 Å². The van der Waals surface area contributed by atoms with Crippen molar-refractivity contribution < 1.29 is 54.1 Å². The van der Waals surface area contributed by atoms with Crippen molar-refractivity contribution in [1.29, 1.82) is 0 Å². The number of hydrogen-bond donors (Lipinski definition) is 6. The average Bonchev–Trinajstić information content (AvgIpc) is 4.00. The Morgan fingerprint density at radius 1 is 1.07 bits per heavy atom. The molecule has 1 saturated carbocycles. The number of allylic oxidation sites excluding steroid dienone is 2. The Morgan fingerprint density at radius 3 is 2.70 bits per heavy atom. The van der Waals surface area contributed by atoms with Crippen LogP contribution >= 0.6 is 0 Å². The van der Waals surface area contributed by atoms with Crippen molar-refractivity contribution in [3.05, 3.63) is 111 Å². The smallest absolute Gasteiger partial charge is 0.254 e. The highest BCUT2D eigenvalue weighted by molar-refractivity contribution is 6.16. The number of aromatic hydroxyl groups is 1. The van der Waals surface area contributed by atoms with E-state index in [1.165, 1.54) is 4.90 Å². The Kier molecular flexibility index (Phi) is 8.98. The molecule has 3 aliphatic carbocycles. The lowest BCUT2D eigenvalue weighted by molar-refractivity contribution is -0.329. The summed E-state index contributed by atoms with van der Waals surface area (Å²) in [5.41, 5.74) is 4.36. The number of fused-ring (bicyclic) bond motifs is 8. The molecule has 0 unspecified atom stereocenters. The summed E-state index contributed by atoms with van der Waals surface area (Å²) in [6.45, 7) is -1.33. The number of rotatable bonds is 6. The normalized spacial score (nSPS) is 29.3. The molecule has 2 bridgehead atoms. The number of aliphatic hydroxyl groups excluding tert-OH is 3. The van der Waals surface area contributed by atoms with Gasteiger partial charge in [0.2, 0.25) is 6.29 Å². The van der Waals surface area contributed by atoms with Gasteiger partial charge in [-0.05, 0) is 78.0 Å². The zero-order valence-corrected chi connectivity index (χ0v) is 33.5. The molecule has 314 valence electrons. The molecule has 3 aliphatic heterocycles. The van der Waals surface area contributed by atoms with Gasteiger partial charge in [-0.3, -0.25) is 9.59 Å². The molecule has 6 N–H and O–H groups in total. The summed E-state index contributed by atoms with van der Waals surface area (Å²) in [5.74, 6) is -0.494. The van der Waals surface area contributed by atoms with Crippen LogP contribution in [0.25, 0.3) is 33.3 Å². The zero-order chi connectivity index (χ0) is 41.9. The van der Waals surface area contributed by atoms with E-state index in [0.717, 1.165) is 63.6 Å². The molecule has 8 atom stereocenters. The molecule has 1 saturated heterocycles. The van der Waals surface area contributed by atoms with Crippen LogP contribution in [0, 0.1) is 5.92 Å². The molecule has 4 aromatic carbocycles. The van der Waals surface area contributed by atoms with Gasteiger partial charge in [-0.1, -0.05) is 55.0 Å². The number of hydrogen-bond acceptors (Lipinski definition) is 11. The number of aromatic nitrogens is 1. The second-order valence-corrected chi connectivity index (χ2v) is 17.3. The predicted molar refractivity (Wildman–Crippen MR) is 223 cm³/mol. The Labute approximate surface area is 350 Å². The number of ether oxygens (including phenoxy) is 4. The number of phenols is 1. The molecular weight excluding hydrogens is 781 g/mol. The third-order valence-corrected chi connectivity index (χ3v) is 14.0. The van der Waals surface area contributed by atoms with E-state index in [2.05, 4.69) is 11.1 Å². The van der Waals surface area contributed by atoms with Crippen LogP contribution in [0.5, 0.6) is 17.2 Å². The van der Waals surface area contributed by atoms with Crippen LogP contribution in [-0.4, -0.2) is 104 Å². The van der Waals surface area contributed by atoms with Gasteiger partial charge in [0, 0.05) is 45.7 Å². The number of phenolic OH excluding ortho intramolecular Hbond substituents is 1. The van der Waals surface area contributed by atoms with E-state index in [1.807, 2.05) is 48.7 Å². The van der Waals surface area contributed by atoms with Gasteiger partial charge in [0.1, 0.15) is 41.7 Å². The summed E-state index contributed by atoms with van der Waals surface area (Å²) >= 11 is 0. The quantitative estimate of drug-likeness (QED) is 0.120. The minimum atomic E-state index is -2.55. The Balaban J connectivity index is 1.17. The minimum absolute atomic E-state index is 0.0283. The molecule has 1 aromatic heterocycles. The van der Waals surface area contributed by atoms with Crippen molar-refractivity contribution in [2.24, 2.45) is 5.92 Å². The number of nitrogens with zero attached hydrogens (tertiary/aromatic N) is 1. The number of carbonyl (C=O) groups is 2. The number of aliphatic hydroxyl groups is 4. The number of ketones is 1. The monoisotopic (exact) mass is 826 g/mol. The topological polar surface area (TPSA) is 191 Å². The molecule has 5 aromatic rings. The predicted octanol–water partition coefficient (Wildman–Crippen LogP) is 5.43. The molecule has 2 fully saturated rings. The summed E-state index contributed by atoms with van der Waals surface area (Å²) < 4.78 is 25.8. The number of aryl methyl sites for hydroxylation is 1. The molecule has 6 aliphatic rings. The number of aromatic amines is 1. The maximum absolute atomic E-state index is 15.0. The number of para-hydroxylation sites is 1. The number of methoxy groups -OCH3 is 1. The highest BCUT2D eigenvalue weighted by atomic mass is 16.7. The second kappa shape index (κ2) is 14.3. The van der Waals surface area contributed by atoms with E-state index >= 15 is 4.79 Å². The first-order chi connectivity index (χ1) is 29.6. The molecule has 13 nitrogen and oxygen atoms in total. The molecule has 0 radical (unpaired) electrons. The van der Waals surface area contributed by atoms with Gasteiger partial charge in [0.25, 0.3) is 5.91 Å². The van der Waals surface area contributed by atoms with E-state index in [9.17, 15) is 30.3 Å². The lowest BCUT2D eigenvalue weighted by atomic mass is 9.69. The maximum Gasteiger partial charge on any atom is 0.254 e. The zero-order valence-electron chi connectivity index (χ0n) is 33.5. The lowest BCUT2D eigenvalue weighted by Gasteiger charge is -2.47. The van der Waals surface area contributed by atoms with Crippen molar-refractivity contribution in [3.8, 4) is 17.2 Å². The van der Waals surface area contributed by atoms with Crippen LogP contribution in [-0.2, 0) is 22.4 Å². The number of amides is 1. The van der Waals surface area contributed by atoms with Crippen LogP contribution in [0.2, 0.25) is 0 Å². The Bertz CT molecular complexity index is 2740. The van der Waals surface area contributed by atoms with Crippen molar-refractivity contribution in [2.45, 2.75) is 80.9 Å². The highest BCUT2D eigenvalue weighted by Crippen LogP contribution is 2.60. The third-order valence-electron chi connectivity index (χ3n) is 14.0. The van der Waals surface area contributed by atoms with Crippen molar-refractivity contribution in [1.82, 2.24) is 9.88 Å². The van der Waals surface area contributed by atoms with E-state index in [-0.39, 0.29) is 59.9 Å². The van der Waals surface area contributed by atoms with Crippen LogP contribution in [0.1, 0.15) is 91.8 Å². The highest BCUT2D eigenvalue weighted by Gasteiger charge is 2.57. The minimum Gasteiger partial charge on any atom is -0.506 e. The van der Waals surface area contributed by atoms with Gasteiger partial charge >= 0.3 is 0 Å². The average molecular weight is 827 g/mol. The molecule has 61 heavy (non-hydrogen) atoms. The van der Waals surface area contributed by atoms with Crippen molar-refractivity contribution in [3.63, 3.8) is 0 Å². The summed E-state index contributed by atoms with van der Waals surface area (Å²) in [6, 6.07) is 15.0. The van der Waals surface area contributed by atoms with Crippen molar-refractivity contribution in [2.75, 3.05) is 26.9 Å². The SMILES string of the molecule is COc1c2c(c3c(O)c(C(=O)CN4Cc5ccccc5C4=O)c4c5c3c1CCC5=C[C@@H]1CCC[C@H]41)O[C@H]1O[C@H](CO[C@@H](c3c[nH]c4ccccc34)/C=C/2)[C@@H](O)[C@H](O)[C@]1(O)CO. The van der Waals surface area contributed by atoms with Gasteiger partial charge in [-0.2, -0.15) is 0 Å². The molecule has 11 rings (SSSR count). The summed E-state index contributed by atoms with van der Waals surface area (Å²) in [5, 5.41) is 60.1. The van der Waals surface area contributed by atoms with Gasteiger partial charge in [-0.25, -0.2) is 0 Å². The summed E-state index contributed by atoms with van der Waals surface area (Å²) in [6.07, 6.45) is 4.17. The van der Waals surface area contributed by atoms with Crippen LogP contribution < -0.4 is 9.47 Å². The third kappa shape index (κ3) is 5.61. The van der Waals surface area contributed by atoms with Gasteiger partial charge < -0.3 is 54.4 Å². The number of carbonyl (C=O) groups excluding carboxylic acids is 2. The molecule has 13 heteroatoms. The first kappa shape index (κ1) is 38.4. The largest absolute Gasteiger partial charge is 0.506 e. The molecule has 1 amide bonds. The van der Waals surface area contributed by atoms with E-state index in [0.29, 0.717) is 35.1 Å². The van der Waals surface area contributed by atoms with Crippen LogP contribution in [0.15, 0.2) is 66.9 Å². The number of benzene rings is 4. The van der Waals surface area contributed by atoms with E-state index in [1.54, 1.807) is 25.3 Å². The van der Waals surface area contributed by atoms with Crippen molar-refractivity contribution >= 4 is 45.0 Å². The number of Topliss-reactive ketones (excluding diaryl/α,β-unsaturated/α-hetero) is 1. The van der Waals surface area contributed by atoms with Crippen LogP contribution in [0.3, 0.4) is 0 Å². The first-order valence-electron chi connectivity index (χ1n) is 21.0. The lowest BCUT2D eigenvalue weighted by Crippen LogP contribution is -2.69. The Hall–Kier alpha value is -5.54. The number of H-pyrrole nitrogens is 1. The second-order valence-electron chi connectivity index (χ2n) is 17.3. The standard InChI is InChI=1S/C48H46N2O11/c1-58-43-29-14-13-24-17-23-8-6-11-26(23)37-36(24)38(29)40(42(54)39(37)33(52)20-50-19-25-7-2-3-9-27(25)46(50)56)44-30(43)15-16-34(31-18-49-32-12-5-4-10-28(31)32)59-21-35-41(53)45(55)48(57,22-51)47(60-35)61-44/h2-5,7,9-10,12,15-18,23,26,34-35,41,45,47,49,51,53-55,57H,6,8,11,13-14,19-22H2,1H3/b16-15+/t23-,26-,34+,35+,41+,45-,47+,48+/m0/s1. The van der Waals surface area contributed by atoms with Gasteiger partial charge in [-0.15, -0.1) is 0 Å². The first-order valence-corrected chi connectivity index (χ1v) is 21.0.